The highest BCUT2D eigenvalue weighted by Gasteiger charge is 2.24. The fraction of sp³-hybridized carbons (Fsp3) is 0.444. The lowest BCUT2D eigenvalue weighted by molar-refractivity contribution is 0.101. The van der Waals surface area contributed by atoms with Crippen molar-refractivity contribution in [3.8, 4) is 11.5 Å². The maximum Gasteiger partial charge on any atom is 0.162 e. The summed E-state index contributed by atoms with van der Waals surface area (Å²) in [5.74, 6) is 3.21. The van der Waals surface area contributed by atoms with Gasteiger partial charge in [-0.15, -0.1) is 0 Å². The molecule has 1 fully saturated rings. The molecule has 0 atom stereocenters. The van der Waals surface area contributed by atoms with Gasteiger partial charge in [0.2, 0.25) is 0 Å². The van der Waals surface area contributed by atoms with Gasteiger partial charge >= 0.3 is 0 Å². The van der Waals surface area contributed by atoms with Crippen LogP contribution in [0.1, 0.15) is 43.9 Å². The zero-order chi connectivity index (χ0) is 24.5. The summed E-state index contributed by atoms with van der Waals surface area (Å²) >= 11 is 0. The molecule has 7 nitrogen and oxygen atoms in total. The second-order valence-electron chi connectivity index (χ2n) is 10.0. The molecule has 3 aromatic rings. The second kappa shape index (κ2) is 9.49. The molecule has 1 aromatic heterocycles. The highest BCUT2D eigenvalue weighted by Crippen LogP contribution is 2.36. The van der Waals surface area contributed by atoms with Crippen LogP contribution < -0.4 is 19.3 Å². The van der Waals surface area contributed by atoms with Gasteiger partial charge in [-0.05, 0) is 42.7 Å². The van der Waals surface area contributed by atoms with Crippen molar-refractivity contribution >= 4 is 28.2 Å². The fourth-order valence-corrected chi connectivity index (χ4v) is 4.36. The first-order valence-electron chi connectivity index (χ1n) is 11.7. The lowest BCUT2D eigenvalue weighted by Crippen LogP contribution is -2.47. The number of fused-ring (bicyclic) bond motifs is 1. The van der Waals surface area contributed by atoms with E-state index in [0.717, 1.165) is 66.4 Å². The number of aromatic nitrogens is 2. The summed E-state index contributed by atoms with van der Waals surface area (Å²) in [7, 11) is 3.29. The number of carbonyl (C=O) groups is 1. The Labute approximate surface area is 201 Å². The lowest BCUT2D eigenvalue weighted by Gasteiger charge is -2.37. The maximum atomic E-state index is 11.6. The van der Waals surface area contributed by atoms with Gasteiger partial charge in [0, 0.05) is 55.3 Å². The van der Waals surface area contributed by atoms with Crippen LogP contribution >= 0.6 is 0 Å². The van der Waals surface area contributed by atoms with Crippen LogP contribution in [0.4, 0.5) is 11.5 Å². The molecule has 0 bridgehead atoms. The van der Waals surface area contributed by atoms with E-state index in [-0.39, 0.29) is 11.2 Å². The number of ketones is 1. The molecule has 4 rings (SSSR count). The minimum atomic E-state index is 0.0756. The smallest absolute Gasteiger partial charge is 0.162 e. The molecule has 0 N–H and O–H groups in total. The van der Waals surface area contributed by atoms with Gasteiger partial charge in [-0.3, -0.25) is 4.79 Å². The number of Topliss-reactive ketones (excluding diaryl/α,β-unsaturated/α-hetero) is 1. The number of benzene rings is 2. The Morgan fingerprint density at radius 3 is 2.06 bits per heavy atom. The number of piperazine rings is 1. The van der Waals surface area contributed by atoms with Gasteiger partial charge in [-0.1, -0.05) is 20.8 Å². The predicted octanol–water partition coefficient (Wildman–Crippen LogP) is 4.76. The van der Waals surface area contributed by atoms with Gasteiger partial charge in [0.1, 0.15) is 11.6 Å². The largest absolute Gasteiger partial charge is 0.493 e. The third kappa shape index (κ3) is 5.08. The zero-order valence-electron chi connectivity index (χ0n) is 21.0. The van der Waals surface area contributed by atoms with Crippen molar-refractivity contribution in [2.24, 2.45) is 5.41 Å². The molecule has 2 heterocycles. The molecule has 0 aliphatic carbocycles. The van der Waals surface area contributed by atoms with E-state index >= 15 is 0 Å². The summed E-state index contributed by atoms with van der Waals surface area (Å²) in [5.41, 5.74) is 2.82. The summed E-state index contributed by atoms with van der Waals surface area (Å²) in [4.78, 5) is 26.2. The molecule has 1 aliphatic rings. The molecule has 1 aliphatic heterocycles. The fourth-order valence-electron chi connectivity index (χ4n) is 4.36. The zero-order valence-corrected chi connectivity index (χ0v) is 21.0. The molecular formula is C27H34N4O3. The molecule has 180 valence electrons. The van der Waals surface area contributed by atoms with Crippen molar-refractivity contribution in [1.82, 2.24) is 9.97 Å². The number of carbonyl (C=O) groups excluding carboxylic acids is 1. The predicted molar refractivity (Wildman–Crippen MR) is 137 cm³/mol. The summed E-state index contributed by atoms with van der Waals surface area (Å²) < 4.78 is 11.1. The first-order valence-corrected chi connectivity index (χ1v) is 11.7. The molecule has 7 heteroatoms. The normalized spacial score (nSPS) is 14.4. The van der Waals surface area contributed by atoms with Crippen LogP contribution in [0.15, 0.2) is 36.4 Å². The Hall–Kier alpha value is -3.35. The highest BCUT2D eigenvalue weighted by molar-refractivity contribution is 5.94. The van der Waals surface area contributed by atoms with Crippen LogP contribution in [0.2, 0.25) is 0 Å². The van der Waals surface area contributed by atoms with Crippen molar-refractivity contribution in [3.63, 3.8) is 0 Å². The van der Waals surface area contributed by atoms with Crippen LogP contribution in [0.3, 0.4) is 0 Å². The van der Waals surface area contributed by atoms with Crippen LogP contribution in [-0.2, 0) is 6.42 Å². The van der Waals surface area contributed by atoms with E-state index in [1.165, 1.54) is 0 Å². The lowest BCUT2D eigenvalue weighted by atomic mass is 9.92. The molecule has 0 saturated carbocycles. The first-order chi connectivity index (χ1) is 16.2. The van der Waals surface area contributed by atoms with Gasteiger partial charge < -0.3 is 19.3 Å². The van der Waals surface area contributed by atoms with E-state index in [1.54, 1.807) is 21.1 Å². The van der Waals surface area contributed by atoms with Crippen LogP contribution in [-0.4, -0.2) is 56.1 Å². The molecule has 1 saturated heterocycles. The van der Waals surface area contributed by atoms with E-state index in [9.17, 15) is 4.79 Å². The number of nitrogens with zero attached hydrogens (tertiary/aromatic N) is 4. The Morgan fingerprint density at radius 2 is 1.50 bits per heavy atom. The van der Waals surface area contributed by atoms with Gasteiger partial charge in [0.15, 0.2) is 17.3 Å². The monoisotopic (exact) mass is 462 g/mol. The number of hydrogen-bond acceptors (Lipinski definition) is 7. The summed E-state index contributed by atoms with van der Waals surface area (Å²) in [6, 6.07) is 11.8. The summed E-state index contributed by atoms with van der Waals surface area (Å²) in [6.07, 6.45) is 0.784. The van der Waals surface area contributed by atoms with Gasteiger partial charge in [0.05, 0.1) is 19.7 Å². The van der Waals surface area contributed by atoms with Crippen molar-refractivity contribution in [1.29, 1.82) is 0 Å². The van der Waals surface area contributed by atoms with E-state index in [1.807, 2.05) is 36.4 Å². The Kier molecular flexibility index (Phi) is 6.64. The number of hydrogen-bond donors (Lipinski definition) is 0. The quantitative estimate of drug-likeness (QED) is 0.489. The van der Waals surface area contributed by atoms with Crippen LogP contribution in [0, 0.1) is 5.41 Å². The SMILES string of the molecule is COc1cc2nc(CC(C)(C)C)nc(N3CCN(c4ccc(C(C)=O)cc4)CC3)c2cc1OC. The Balaban J connectivity index is 1.65. The Morgan fingerprint density at radius 1 is 0.912 bits per heavy atom. The van der Waals surface area contributed by atoms with Crippen molar-refractivity contribution < 1.29 is 14.3 Å². The maximum absolute atomic E-state index is 11.6. The van der Waals surface area contributed by atoms with Crippen molar-refractivity contribution in [3.05, 3.63) is 47.8 Å². The molecule has 0 radical (unpaired) electrons. The molecule has 0 unspecified atom stereocenters. The van der Waals surface area contributed by atoms with Crippen molar-refractivity contribution in [2.75, 3.05) is 50.2 Å². The highest BCUT2D eigenvalue weighted by atomic mass is 16.5. The standard InChI is InChI=1S/C27H34N4O3/c1-18(32)19-7-9-20(10-8-19)30-11-13-31(14-12-30)26-21-15-23(33-5)24(34-6)16-22(21)28-25(29-26)17-27(2,3)4/h7-10,15-16H,11-14,17H2,1-6H3. The van der Waals surface area contributed by atoms with E-state index in [4.69, 9.17) is 19.4 Å². The molecule has 0 amide bonds. The topological polar surface area (TPSA) is 67.8 Å². The average molecular weight is 463 g/mol. The summed E-state index contributed by atoms with van der Waals surface area (Å²) in [6.45, 7) is 11.6. The van der Waals surface area contributed by atoms with Gasteiger partial charge in [-0.2, -0.15) is 0 Å². The number of ether oxygens (including phenoxy) is 2. The number of methoxy groups -OCH3 is 2. The first kappa shape index (κ1) is 23.8. The summed E-state index contributed by atoms with van der Waals surface area (Å²) in [5, 5.41) is 0.967. The van der Waals surface area contributed by atoms with Crippen LogP contribution in [0.5, 0.6) is 11.5 Å². The number of anilines is 2. The third-order valence-corrected chi connectivity index (χ3v) is 6.13. The molecular weight excluding hydrogens is 428 g/mol. The minimum absolute atomic E-state index is 0.0756. The molecule has 34 heavy (non-hydrogen) atoms. The van der Waals surface area contributed by atoms with Gasteiger partial charge in [-0.25, -0.2) is 9.97 Å². The Bertz CT molecular complexity index is 1180. The minimum Gasteiger partial charge on any atom is -0.493 e. The average Bonchev–Trinajstić information content (AvgIpc) is 2.81. The second-order valence-corrected chi connectivity index (χ2v) is 10.0. The molecule has 0 spiro atoms. The van der Waals surface area contributed by atoms with E-state index in [0.29, 0.717) is 11.5 Å². The van der Waals surface area contributed by atoms with Crippen molar-refractivity contribution in [2.45, 2.75) is 34.1 Å². The number of rotatable bonds is 6. The molecule has 2 aromatic carbocycles. The van der Waals surface area contributed by atoms with Crippen LogP contribution in [0.25, 0.3) is 10.9 Å². The van der Waals surface area contributed by atoms with E-state index < -0.39 is 0 Å². The van der Waals surface area contributed by atoms with E-state index in [2.05, 4.69) is 30.6 Å². The van der Waals surface area contributed by atoms with Gasteiger partial charge in [0.25, 0.3) is 0 Å². The third-order valence-electron chi connectivity index (χ3n) is 6.13.